The Bertz CT molecular complexity index is 612. The number of nitrogens with one attached hydrogen (secondary N) is 1. The van der Waals surface area contributed by atoms with Crippen LogP contribution >= 0.6 is 0 Å². The Balaban J connectivity index is 2.09. The van der Waals surface area contributed by atoms with Crippen LogP contribution in [0.25, 0.3) is 5.69 Å². The molecule has 1 heterocycles. The molecular weight excluding hydrogens is 252 g/mol. The van der Waals surface area contributed by atoms with E-state index in [9.17, 15) is 4.79 Å². The molecule has 0 unspecified atom stereocenters. The van der Waals surface area contributed by atoms with Crippen molar-refractivity contribution in [3.05, 3.63) is 48.3 Å². The van der Waals surface area contributed by atoms with E-state index >= 15 is 0 Å². The number of aromatic nitrogens is 2. The zero-order chi connectivity index (χ0) is 14.4. The fourth-order valence-corrected chi connectivity index (χ4v) is 1.86. The van der Waals surface area contributed by atoms with E-state index in [1.54, 1.807) is 16.9 Å². The zero-order valence-corrected chi connectivity index (χ0v) is 11.3. The molecule has 0 bridgehead atoms. The molecule has 1 N–H and O–H groups in total. The quantitative estimate of drug-likeness (QED) is 0.904. The lowest BCUT2D eigenvalue weighted by molar-refractivity contribution is 0.0938. The van der Waals surface area contributed by atoms with E-state index in [-0.39, 0.29) is 5.91 Å². The van der Waals surface area contributed by atoms with Gasteiger partial charge in [-0.3, -0.25) is 4.79 Å². The SMILES string of the molecule is CCC[C@@H](C#N)NC(=O)c1ccn(-c2ccccc2)n1. The molecule has 0 spiro atoms. The van der Waals surface area contributed by atoms with Crippen LogP contribution in [0.5, 0.6) is 0 Å². The monoisotopic (exact) mass is 268 g/mol. The number of nitriles is 1. The minimum Gasteiger partial charge on any atom is -0.335 e. The molecule has 1 amide bonds. The molecule has 1 aromatic carbocycles. The van der Waals surface area contributed by atoms with Gasteiger partial charge >= 0.3 is 0 Å². The third-order valence-electron chi connectivity index (χ3n) is 2.88. The van der Waals surface area contributed by atoms with Crippen LogP contribution in [0, 0.1) is 11.3 Å². The van der Waals surface area contributed by atoms with Crippen LogP contribution in [-0.4, -0.2) is 21.7 Å². The van der Waals surface area contributed by atoms with Crippen molar-refractivity contribution in [3.8, 4) is 11.8 Å². The Morgan fingerprint density at radius 3 is 2.80 bits per heavy atom. The van der Waals surface area contributed by atoms with Gasteiger partial charge in [-0.2, -0.15) is 10.4 Å². The van der Waals surface area contributed by atoms with Crippen LogP contribution in [0.2, 0.25) is 0 Å². The molecule has 5 nitrogen and oxygen atoms in total. The standard InChI is InChI=1S/C15H16N4O/c1-2-6-12(11-16)17-15(20)14-9-10-19(18-14)13-7-4-3-5-8-13/h3-5,7-10,12H,2,6H2,1H3,(H,17,20)/t12-/m0/s1. The second-order valence-corrected chi connectivity index (χ2v) is 4.42. The highest BCUT2D eigenvalue weighted by atomic mass is 16.2. The molecule has 0 saturated heterocycles. The molecule has 2 aromatic rings. The van der Waals surface area contributed by atoms with Crippen LogP contribution in [-0.2, 0) is 0 Å². The molecular formula is C15H16N4O. The molecule has 2 rings (SSSR count). The van der Waals surface area contributed by atoms with Gasteiger partial charge in [0.1, 0.15) is 6.04 Å². The lowest BCUT2D eigenvalue weighted by Gasteiger charge is -2.08. The summed E-state index contributed by atoms with van der Waals surface area (Å²) in [5.74, 6) is -0.320. The van der Waals surface area contributed by atoms with Crippen LogP contribution in [0.3, 0.4) is 0 Å². The number of benzene rings is 1. The van der Waals surface area contributed by atoms with Crippen molar-refractivity contribution in [1.29, 1.82) is 5.26 Å². The second kappa shape index (κ2) is 6.53. The second-order valence-electron chi connectivity index (χ2n) is 4.42. The average molecular weight is 268 g/mol. The van der Waals surface area contributed by atoms with E-state index in [4.69, 9.17) is 5.26 Å². The number of rotatable bonds is 5. The van der Waals surface area contributed by atoms with Gasteiger partial charge in [0.05, 0.1) is 11.8 Å². The van der Waals surface area contributed by atoms with Gasteiger partial charge < -0.3 is 5.32 Å². The summed E-state index contributed by atoms with van der Waals surface area (Å²) in [4.78, 5) is 12.0. The molecule has 0 aliphatic rings. The van der Waals surface area contributed by atoms with Crippen molar-refractivity contribution in [1.82, 2.24) is 15.1 Å². The zero-order valence-electron chi connectivity index (χ0n) is 11.3. The molecule has 0 radical (unpaired) electrons. The van der Waals surface area contributed by atoms with Gasteiger partial charge in [-0.15, -0.1) is 0 Å². The molecule has 0 saturated carbocycles. The molecule has 102 valence electrons. The van der Waals surface area contributed by atoms with Crippen LogP contribution in [0.1, 0.15) is 30.3 Å². The summed E-state index contributed by atoms with van der Waals surface area (Å²) in [6.45, 7) is 1.97. The molecule has 5 heteroatoms. The topological polar surface area (TPSA) is 70.7 Å². The van der Waals surface area contributed by atoms with E-state index in [1.807, 2.05) is 37.3 Å². The predicted octanol–water partition coefficient (Wildman–Crippen LogP) is 2.29. The van der Waals surface area contributed by atoms with E-state index in [0.29, 0.717) is 12.1 Å². The van der Waals surface area contributed by atoms with E-state index < -0.39 is 6.04 Å². The maximum absolute atomic E-state index is 12.0. The van der Waals surface area contributed by atoms with Gasteiger partial charge in [0.25, 0.3) is 5.91 Å². The first kappa shape index (κ1) is 13.8. The van der Waals surface area contributed by atoms with Gasteiger partial charge in [0, 0.05) is 6.20 Å². The minimum absolute atomic E-state index is 0.310. The van der Waals surface area contributed by atoms with Gasteiger partial charge in [-0.05, 0) is 24.6 Å². The van der Waals surface area contributed by atoms with Crippen LogP contribution in [0.15, 0.2) is 42.6 Å². The number of carbonyl (C=O) groups excluding carboxylic acids is 1. The smallest absolute Gasteiger partial charge is 0.272 e. The van der Waals surface area contributed by atoms with Gasteiger partial charge in [0.2, 0.25) is 0 Å². The van der Waals surface area contributed by atoms with Crippen LogP contribution in [0.4, 0.5) is 0 Å². The summed E-state index contributed by atoms with van der Waals surface area (Å²) in [5, 5.41) is 15.8. The molecule has 1 atom stereocenters. The maximum atomic E-state index is 12.0. The lowest BCUT2D eigenvalue weighted by atomic mass is 10.2. The molecule has 1 aromatic heterocycles. The highest BCUT2D eigenvalue weighted by Gasteiger charge is 2.14. The largest absolute Gasteiger partial charge is 0.335 e. The van der Waals surface area contributed by atoms with Crippen molar-refractivity contribution < 1.29 is 4.79 Å². The first-order chi connectivity index (χ1) is 9.74. The Morgan fingerprint density at radius 1 is 1.40 bits per heavy atom. The van der Waals surface area contributed by atoms with Crippen LogP contribution < -0.4 is 5.32 Å². The lowest BCUT2D eigenvalue weighted by Crippen LogP contribution is -2.33. The summed E-state index contributed by atoms with van der Waals surface area (Å²) in [5.41, 5.74) is 1.20. The van der Waals surface area contributed by atoms with Crippen molar-refractivity contribution in [2.24, 2.45) is 0 Å². The third-order valence-corrected chi connectivity index (χ3v) is 2.88. The number of carbonyl (C=O) groups is 1. The molecule has 0 aliphatic heterocycles. The number of para-hydroxylation sites is 1. The Hall–Kier alpha value is -2.61. The minimum atomic E-state index is -0.464. The Kier molecular flexibility index (Phi) is 4.51. The van der Waals surface area contributed by atoms with Gasteiger partial charge in [-0.25, -0.2) is 4.68 Å². The predicted molar refractivity (Wildman–Crippen MR) is 75.3 cm³/mol. The van der Waals surface area contributed by atoms with Crippen molar-refractivity contribution in [2.45, 2.75) is 25.8 Å². The fourth-order valence-electron chi connectivity index (χ4n) is 1.86. The summed E-state index contributed by atoms with van der Waals surface area (Å²) in [6, 6.07) is 12.8. The molecule has 0 aliphatic carbocycles. The maximum Gasteiger partial charge on any atom is 0.272 e. The number of hydrogen-bond acceptors (Lipinski definition) is 3. The Labute approximate surface area is 117 Å². The summed E-state index contributed by atoms with van der Waals surface area (Å²) in [7, 11) is 0. The average Bonchev–Trinajstić information content (AvgIpc) is 2.97. The van der Waals surface area contributed by atoms with Gasteiger partial charge in [-0.1, -0.05) is 31.5 Å². The normalized spacial score (nSPS) is 11.6. The first-order valence-corrected chi connectivity index (χ1v) is 6.56. The number of nitrogens with zero attached hydrogens (tertiary/aromatic N) is 3. The fraction of sp³-hybridized carbons (Fsp3) is 0.267. The highest BCUT2D eigenvalue weighted by molar-refractivity contribution is 5.92. The first-order valence-electron chi connectivity index (χ1n) is 6.56. The van der Waals surface area contributed by atoms with Crippen molar-refractivity contribution in [3.63, 3.8) is 0 Å². The van der Waals surface area contributed by atoms with Crippen molar-refractivity contribution >= 4 is 5.91 Å². The Morgan fingerprint density at radius 2 is 2.15 bits per heavy atom. The van der Waals surface area contributed by atoms with Crippen molar-refractivity contribution in [2.75, 3.05) is 0 Å². The van der Waals surface area contributed by atoms with E-state index in [0.717, 1.165) is 12.1 Å². The molecule has 20 heavy (non-hydrogen) atoms. The number of amides is 1. The van der Waals surface area contributed by atoms with Gasteiger partial charge in [0.15, 0.2) is 5.69 Å². The summed E-state index contributed by atoms with van der Waals surface area (Å²) >= 11 is 0. The summed E-state index contributed by atoms with van der Waals surface area (Å²) in [6.07, 6.45) is 3.21. The van der Waals surface area contributed by atoms with E-state index in [2.05, 4.69) is 16.5 Å². The summed E-state index contributed by atoms with van der Waals surface area (Å²) < 4.78 is 1.64. The highest BCUT2D eigenvalue weighted by Crippen LogP contribution is 2.07. The molecule has 0 fully saturated rings. The number of hydrogen-bond donors (Lipinski definition) is 1. The third kappa shape index (κ3) is 3.23. The van der Waals surface area contributed by atoms with E-state index in [1.165, 1.54) is 0 Å².